The molecule has 2 aromatic rings. The van der Waals surface area contributed by atoms with Gasteiger partial charge in [-0.25, -0.2) is 0 Å². The first-order valence-corrected chi connectivity index (χ1v) is 5.83. The molecule has 0 saturated heterocycles. The average Bonchev–Trinajstić information content (AvgIpc) is 2.76. The number of nitrogens with one attached hydrogen (secondary N) is 1. The van der Waals surface area contributed by atoms with Gasteiger partial charge in [0.2, 0.25) is 0 Å². The maximum atomic E-state index is 12.6. The van der Waals surface area contributed by atoms with Crippen molar-refractivity contribution in [3.8, 4) is 11.3 Å². The zero-order valence-corrected chi connectivity index (χ0v) is 10.6. The van der Waals surface area contributed by atoms with Crippen molar-refractivity contribution >= 4 is 0 Å². The third-order valence-electron chi connectivity index (χ3n) is 2.83. The van der Waals surface area contributed by atoms with Gasteiger partial charge in [-0.2, -0.15) is 13.2 Å². The topological polar surface area (TPSA) is 25.2 Å². The van der Waals surface area contributed by atoms with Crippen LogP contribution in [0.25, 0.3) is 11.3 Å². The quantitative estimate of drug-likeness (QED) is 0.911. The zero-order chi connectivity index (χ0) is 14.0. The molecule has 19 heavy (non-hydrogen) atoms. The zero-order valence-electron chi connectivity index (χ0n) is 10.6. The van der Waals surface area contributed by atoms with Gasteiger partial charge in [0.25, 0.3) is 0 Å². The second kappa shape index (κ2) is 5.09. The highest BCUT2D eigenvalue weighted by atomic mass is 19.4. The average molecular weight is 269 g/mol. The van der Waals surface area contributed by atoms with Gasteiger partial charge in [-0.3, -0.25) is 0 Å². The molecule has 0 saturated carbocycles. The largest absolute Gasteiger partial charge is 0.460 e. The molecule has 2 nitrogen and oxygen atoms in total. The first kappa shape index (κ1) is 13.7. The first-order chi connectivity index (χ1) is 8.91. The van der Waals surface area contributed by atoms with Crippen LogP contribution in [0.1, 0.15) is 16.9 Å². The summed E-state index contributed by atoms with van der Waals surface area (Å²) in [5, 5.41) is 2.95. The Kier molecular flexibility index (Phi) is 3.66. The Morgan fingerprint density at radius 2 is 1.89 bits per heavy atom. The van der Waals surface area contributed by atoms with Gasteiger partial charge < -0.3 is 9.73 Å². The number of halogens is 3. The van der Waals surface area contributed by atoms with Crippen LogP contribution in [0.3, 0.4) is 0 Å². The summed E-state index contributed by atoms with van der Waals surface area (Å²) in [4.78, 5) is 0. The van der Waals surface area contributed by atoms with Crippen LogP contribution in [-0.4, -0.2) is 7.05 Å². The smallest absolute Gasteiger partial charge is 0.416 e. The lowest BCUT2D eigenvalue weighted by Gasteiger charge is -2.09. The highest BCUT2D eigenvalue weighted by Crippen LogP contribution is 2.33. The molecular weight excluding hydrogens is 255 g/mol. The normalized spacial score (nSPS) is 11.8. The molecule has 0 unspecified atom stereocenters. The summed E-state index contributed by atoms with van der Waals surface area (Å²) < 4.78 is 43.3. The van der Waals surface area contributed by atoms with Crippen LogP contribution in [0.5, 0.6) is 0 Å². The number of rotatable bonds is 3. The van der Waals surface area contributed by atoms with E-state index in [1.165, 1.54) is 6.07 Å². The summed E-state index contributed by atoms with van der Waals surface area (Å²) in [6, 6.07) is 7.23. The summed E-state index contributed by atoms with van der Waals surface area (Å²) in [5.74, 6) is 1.33. The predicted molar refractivity (Wildman–Crippen MR) is 66.6 cm³/mol. The van der Waals surface area contributed by atoms with E-state index < -0.39 is 11.7 Å². The molecule has 1 aromatic carbocycles. The molecule has 0 fully saturated rings. The number of alkyl halides is 3. The van der Waals surface area contributed by atoms with Gasteiger partial charge in [-0.15, -0.1) is 0 Å². The second-order valence-corrected chi connectivity index (χ2v) is 4.32. The molecule has 0 aliphatic rings. The van der Waals surface area contributed by atoms with Gasteiger partial charge >= 0.3 is 6.18 Å². The van der Waals surface area contributed by atoms with Crippen LogP contribution < -0.4 is 5.32 Å². The van der Waals surface area contributed by atoms with Crippen molar-refractivity contribution in [2.24, 2.45) is 0 Å². The summed E-state index contributed by atoms with van der Waals surface area (Å²) >= 11 is 0. The second-order valence-electron chi connectivity index (χ2n) is 4.32. The SMILES string of the molecule is CNCc1ccc(-c2ccc(C(F)(F)F)cc2C)o1. The lowest BCUT2D eigenvalue weighted by molar-refractivity contribution is -0.137. The molecule has 0 aliphatic carbocycles. The van der Waals surface area contributed by atoms with Crippen LogP contribution in [0.4, 0.5) is 13.2 Å². The third kappa shape index (κ3) is 2.98. The fraction of sp³-hybridized carbons (Fsp3) is 0.286. The highest BCUT2D eigenvalue weighted by Gasteiger charge is 2.30. The van der Waals surface area contributed by atoms with Gasteiger partial charge in [0.1, 0.15) is 11.5 Å². The van der Waals surface area contributed by atoms with Crippen molar-refractivity contribution in [1.82, 2.24) is 5.32 Å². The lowest BCUT2D eigenvalue weighted by atomic mass is 10.0. The van der Waals surface area contributed by atoms with Crippen LogP contribution in [0, 0.1) is 6.92 Å². The van der Waals surface area contributed by atoms with Gasteiger partial charge in [0.15, 0.2) is 0 Å². The number of benzene rings is 1. The summed E-state index contributed by atoms with van der Waals surface area (Å²) in [6.45, 7) is 2.23. The monoisotopic (exact) mass is 269 g/mol. The maximum Gasteiger partial charge on any atom is 0.416 e. The molecule has 102 valence electrons. The van der Waals surface area contributed by atoms with Crippen molar-refractivity contribution in [3.63, 3.8) is 0 Å². The molecule has 0 bridgehead atoms. The molecule has 0 spiro atoms. The van der Waals surface area contributed by atoms with Crippen molar-refractivity contribution in [3.05, 3.63) is 47.2 Å². The molecule has 2 rings (SSSR count). The van der Waals surface area contributed by atoms with Gasteiger partial charge in [-0.05, 0) is 43.8 Å². The van der Waals surface area contributed by atoms with Gasteiger partial charge in [0.05, 0.1) is 12.1 Å². The Hall–Kier alpha value is -1.75. The molecule has 0 atom stereocenters. The Morgan fingerprint density at radius 3 is 2.47 bits per heavy atom. The Labute approximate surface area is 109 Å². The lowest BCUT2D eigenvalue weighted by Crippen LogP contribution is -2.05. The number of hydrogen-bond donors (Lipinski definition) is 1. The predicted octanol–water partition coefficient (Wildman–Crippen LogP) is 3.99. The third-order valence-corrected chi connectivity index (χ3v) is 2.83. The molecule has 5 heteroatoms. The van der Waals surface area contributed by atoms with Crippen molar-refractivity contribution in [2.75, 3.05) is 7.05 Å². The molecule has 0 radical (unpaired) electrons. The molecule has 0 aliphatic heterocycles. The minimum Gasteiger partial charge on any atom is -0.460 e. The van der Waals surface area contributed by atoms with E-state index in [1.807, 2.05) is 6.07 Å². The van der Waals surface area contributed by atoms with Crippen LogP contribution in [0.15, 0.2) is 34.7 Å². The summed E-state index contributed by atoms with van der Waals surface area (Å²) in [7, 11) is 1.80. The Bertz CT molecular complexity index is 572. The van der Waals surface area contributed by atoms with E-state index in [1.54, 1.807) is 20.0 Å². The van der Waals surface area contributed by atoms with Crippen LogP contribution in [0.2, 0.25) is 0 Å². The molecule has 1 heterocycles. The highest BCUT2D eigenvalue weighted by molar-refractivity contribution is 5.62. The molecule has 0 amide bonds. The minimum absolute atomic E-state index is 0.542. The van der Waals surface area contributed by atoms with Crippen molar-refractivity contribution in [1.29, 1.82) is 0 Å². The standard InChI is InChI=1S/C14H14F3NO/c1-9-7-10(14(15,16)17)3-5-12(9)13-6-4-11(19-13)8-18-2/h3-7,18H,8H2,1-2H3. The minimum atomic E-state index is -4.32. The van der Waals surface area contributed by atoms with E-state index in [0.717, 1.165) is 17.9 Å². The fourth-order valence-corrected chi connectivity index (χ4v) is 1.91. The van der Waals surface area contributed by atoms with E-state index in [9.17, 15) is 13.2 Å². The fourth-order valence-electron chi connectivity index (χ4n) is 1.91. The van der Waals surface area contributed by atoms with E-state index in [4.69, 9.17) is 4.42 Å². The van der Waals surface area contributed by atoms with Crippen LogP contribution in [-0.2, 0) is 12.7 Å². The maximum absolute atomic E-state index is 12.6. The molecule has 1 aromatic heterocycles. The number of furan rings is 1. The van der Waals surface area contributed by atoms with Crippen molar-refractivity contribution < 1.29 is 17.6 Å². The Balaban J connectivity index is 2.35. The summed E-state index contributed by atoms with van der Waals surface area (Å²) in [6.07, 6.45) is -4.32. The number of hydrogen-bond acceptors (Lipinski definition) is 2. The van der Waals surface area contributed by atoms with E-state index >= 15 is 0 Å². The van der Waals surface area contributed by atoms with E-state index in [-0.39, 0.29) is 0 Å². The molecular formula is C14H14F3NO. The van der Waals surface area contributed by atoms with Gasteiger partial charge in [-0.1, -0.05) is 6.07 Å². The van der Waals surface area contributed by atoms with Crippen LogP contribution >= 0.6 is 0 Å². The van der Waals surface area contributed by atoms with Gasteiger partial charge in [0, 0.05) is 5.56 Å². The summed E-state index contributed by atoms with van der Waals surface area (Å²) in [5.41, 5.74) is 0.575. The first-order valence-electron chi connectivity index (χ1n) is 5.83. The van der Waals surface area contributed by atoms with E-state index in [2.05, 4.69) is 5.32 Å². The number of aryl methyl sites for hydroxylation is 1. The Morgan fingerprint density at radius 1 is 1.16 bits per heavy atom. The van der Waals surface area contributed by atoms with E-state index in [0.29, 0.717) is 23.4 Å². The van der Waals surface area contributed by atoms with Crippen molar-refractivity contribution in [2.45, 2.75) is 19.6 Å². The molecule has 1 N–H and O–H groups in total.